The molecule has 0 radical (unpaired) electrons. The first-order chi connectivity index (χ1) is 10.4. The molecule has 4 nitrogen and oxygen atoms in total. The lowest BCUT2D eigenvalue weighted by atomic mass is 9.82. The predicted octanol–water partition coefficient (Wildman–Crippen LogP) is 2.75. The number of nitrogens with zero attached hydrogens (tertiary/aromatic N) is 3. The number of amides is 1. The van der Waals surface area contributed by atoms with Gasteiger partial charge >= 0.3 is 0 Å². The van der Waals surface area contributed by atoms with Crippen molar-refractivity contribution in [3.05, 3.63) is 35.4 Å². The van der Waals surface area contributed by atoms with Crippen molar-refractivity contribution in [2.75, 3.05) is 27.2 Å². The first-order valence-electron chi connectivity index (χ1n) is 7.80. The molecule has 1 aromatic rings. The van der Waals surface area contributed by atoms with Gasteiger partial charge in [0, 0.05) is 13.1 Å². The van der Waals surface area contributed by atoms with E-state index in [1.165, 1.54) is 0 Å². The standard InChI is InChI=1S/C18H25N3O/c1-14-7-5-6-8-15(14)16(20(3)4)17(22)21-11-9-18(2,13-19)10-12-21/h5-8,16H,9-12H2,1-4H3/t16-/m1/s1. The summed E-state index contributed by atoms with van der Waals surface area (Å²) in [5, 5.41) is 9.23. The van der Waals surface area contributed by atoms with Crippen molar-refractivity contribution >= 4 is 5.91 Å². The van der Waals surface area contributed by atoms with Crippen LogP contribution >= 0.6 is 0 Å². The molecule has 0 N–H and O–H groups in total. The molecule has 0 bridgehead atoms. The van der Waals surface area contributed by atoms with Crippen LogP contribution in [-0.2, 0) is 4.79 Å². The normalized spacial score (nSPS) is 18.8. The van der Waals surface area contributed by atoms with Gasteiger partial charge in [-0.15, -0.1) is 0 Å². The minimum atomic E-state index is -0.285. The van der Waals surface area contributed by atoms with Crippen molar-refractivity contribution in [1.29, 1.82) is 5.26 Å². The van der Waals surface area contributed by atoms with Gasteiger partial charge < -0.3 is 4.90 Å². The molecular formula is C18H25N3O. The number of carbonyl (C=O) groups excluding carboxylic acids is 1. The van der Waals surface area contributed by atoms with Gasteiger partial charge in [0.2, 0.25) is 5.91 Å². The second-order valence-corrected chi connectivity index (χ2v) is 6.72. The fraction of sp³-hybridized carbons (Fsp3) is 0.556. The van der Waals surface area contributed by atoms with Crippen LogP contribution in [0.2, 0.25) is 0 Å². The van der Waals surface area contributed by atoms with E-state index in [2.05, 4.69) is 6.07 Å². The van der Waals surface area contributed by atoms with E-state index >= 15 is 0 Å². The maximum atomic E-state index is 13.0. The van der Waals surface area contributed by atoms with Gasteiger partial charge in [-0.25, -0.2) is 0 Å². The monoisotopic (exact) mass is 299 g/mol. The molecule has 1 aromatic carbocycles. The van der Waals surface area contributed by atoms with Gasteiger partial charge in [-0.2, -0.15) is 5.26 Å². The van der Waals surface area contributed by atoms with Crippen molar-refractivity contribution in [2.45, 2.75) is 32.7 Å². The number of piperidine rings is 1. The molecule has 4 heteroatoms. The molecule has 118 valence electrons. The average molecular weight is 299 g/mol. The van der Waals surface area contributed by atoms with Gasteiger partial charge in [0.05, 0.1) is 11.5 Å². The van der Waals surface area contributed by atoms with Crippen LogP contribution in [0, 0.1) is 23.7 Å². The maximum absolute atomic E-state index is 13.0. The SMILES string of the molecule is Cc1ccccc1[C@H](C(=O)N1CCC(C)(C#N)CC1)N(C)C. The van der Waals surface area contributed by atoms with E-state index in [9.17, 15) is 10.1 Å². The minimum Gasteiger partial charge on any atom is -0.341 e. The first kappa shape index (κ1) is 16.5. The third-order valence-electron chi connectivity index (χ3n) is 4.68. The Bertz CT molecular complexity index is 580. The highest BCUT2D eigenvalue weighted by Crippen LogP contribution is 2.32. The molecule has 1 aliphatic heterocycles. The van der Waals surface area contributed by atoms with Crippen LogP contribution in [-0.4, -0.2) is 42.9 Å². The number of hydrogen-bond donors (Lipinski definition) is 0. The summed E-state index contributed by atoms with van der Waals surface area (Å²) in [6, 6.07) is 10.2. The third-order valence-corrected chi connectivity index (χ3v) is 4.68. The number of carbonyl (C=O) groups is 1. The Labute approximate surface area is 133 Å². The van der Waals surface area contributed by atoms with Gasteiger partial charge in [0.1, 0.15) is 6.04 Å². The lowest BCUT2D eigenvalue weighted by Gasteiger charge is -2.38. The summed E-state index contributed by atoms with van der Waals surface area (Å²) in [7, 11) is 3.89. The second kappa shape index (κ2) is 6.50. The van der Waals surface area contributed by atoms with Crippen LogP contribution in [0.25, 0.3) is 0 Å². The Balaban J connectivity index is 2.19. The zero-order valence-corrected chi connectivity index (χ0v) is 14.0. The third kappa shape index (κ3) is 3.31. The molecule has 0 aliphatic carbocycles. The Hall–Kier alpha value is -1.86. The molecule has 1 saturated heterocycles. The summed E-state index contributed by atoms with van der Waals surface area (Å²) in [4.78, 5) is 16.9. The number of likely N-dealkylation sites (tertiary alicyclic amines) is 1. The molecule has 0 saturated carbocycles. The Morgan fingerprint density at radius 1 is 1.32 bits per heavy atom. The largest absolute Gasteiger partial charge is 0.341 e. The van der Waals surface area contributed by atoms with Crippen molar-refractivity contribution in [2.24, 2.45) is 5.41 Å². The zero-order valence-electron chi connectivity index (χ0n) is 14.0. The van der Waals surface area contributed by atoms with Crippen LogP contribution in [0.1, 0.15) is 36.9 Å². The van der Waals surface area contributed by atoms with E-state index in [1.807, 2.05) is 62.0 Å². The number of hydrogen-bond acceptors (Lipinski definition) is 3. The van der Waals surface area contributed by atoms with Crippen molar-refractivity contribution in [1.82, 2.24) is 9.80 Å². The minimum absolute atomic E-state index is 0.138. The molecule has 1 aliphatic rings. The topological polar surface area (TPSA) is 47.3 Å². The first-order valence-corrected chi connectivity index (χ1v) is 7.80. The van der Waals surface area contributed by atoms with Crippen molar-refractivity contribution in [3.63, 3.8) is 0 Å². The molecular weight excluding hydrogens is 274 g/mol. The Kier molecular flexibility index (Phi) is 4.87. The van der Waals surface area contributed by atoms with Gasteiger partial charge in [-0.3, -0.25) is 9.69 Å². The van der Waals surface area contributed by atoms with Crippen molar-refractivity contribution in [3.8, 4) is 6.07 Å². The Morgan fingerprint density at radius 3 is 2.41 bits per heavy atom. The molecule has 1 amide bonds. The highest BCUT2D eigenvalue weighted by atomic mass is 16.2. The molecule has 1 heterocycles. The van der Waals surface area contributed by atoms with Gasteiger partial charge in [0.15, 0.2) is 0 Å². The van der Waals surface area contributed by atoms with Gasteiger partial charge in [-0.1, -0.05) is 24.3 Å². The molecule has 0 unspecified atom stereocenters. The maximum Gasteiger partial charge on any atom is 0.244 e. The van der Waals surface area contributed by atoms with Crippen LogP contribution in [0.5, 0.6) is 0 Å². The van der Waals surface area contributed by atoms with E-state index in [1.54, 1.807) is 0 Å². The summed E-state index contributed by atoms with van der Waals surface area (Å²) in [5.41, 5.74) is 1.91. The van der Waals surface area contributed by atoms with Crippen molar-refractivity contribution < 1.29 is 4.79 Å². The molecule has 2 rings (SSSR count). The van der Waals surface area contributed by atoms with Crippen LogP contribution < -0.4 is 0 Å². The van der Waals surface area contributed by atoms with Gasteiger partial charge in [0.25, 0.3) is 0 Å². The van der Waals surface area contributed by atoms with E-state index in [4.69, 9.17) is 0 Å². The molecule has 22 heavy (non-hydrogen) atoms. The number of likely N-dealkylation sites (N-methyl/N-ethyl adjacent to an activating group) is 1. The highest BCUT2D eigenvalue weighted by Gasteiger charge is 2.35. The molecule has 1 atom stereocenters. The number of benzene rings is 1. The summed E-state index contributed by atoms with van der Waals surface area (Å²) in [5.74, 6) is 0.138. The smallest absolute Gasteiger partial charge is 0.244 e. The lowest BCUT2D eigenvalue weighted by Crippen LogP contribution is -2.46. The van der Waals surface area contributed by atoms with Crippen LogP contribution in [0.15, 0.2) is 24.3 Å². The van der Waals surface area contributed by atoms with Crippen LogP contribution in [0.3, 0.4) is 0 Å². The van der Waals surface area contributed by atoms with E-state index in [0.29, 0.717) is 13.1 Å². The molecule has 1 fully saturated rings. The fourth-order valence-corrected chi connectivity index (χ4v) is 3.03. The number of aryl methyl sites for hydroxylation is 1. The molecule has 0 aromatic heterocycles. The summed E-state index contributed by atoms with van der Waals surface area (Å²) in [6.07, 6.45) is 1.51. The average Bonchev–Trinajstić information content (AvgIpc) is 2.50. The predicted molar refractivity (Wildman–Crippen MR) is 87.1 cm³/mol. The summed E-state index contributed by atoms with van der Waals surface area (Å²) >= 11 is 0. The van der Waals surface area contributed by atoms with E-state index in [-0.39, 0.29) is 17.4 Å². The lowest BCUT2D eigenvalue weighted by molar-refractivity contribution is -0.138. The van der Waals surface area contributed by atoms with Gasteiger partial charge in [-0.05, 0) is 51.9 Å². The second-order valence-electron chi connectivity index (χ2n) is 6.72. The quantitative estimate of drug-likeness (QED) is 0.862. The van der Waals surface area contributed by atoms with E-state index in [0.717, 1.165) is 24.0 Å². The highest BCUT2D eigenvalue weighted by molar-refractivity contribution is 5.83. The summed E-state index contributed by atoms with van der Waals surface area (Å²) < 4.78 is 0. The van der Waals surface area contributed by atoms with Crippen LogP contribution in [0.4, 0.5) is 0 Å². The number of nitriles is 1. The molecule has 0 spiro atoms. The number of rotatable bonds is 3. The zero-order chi connectivity index (χ0) is 16.3. The summed E-state index contributed by atoms with van der Waals surface area (Å²) in [6.45, 7) is 5.36. The van der Waals surface area contributed by atoms with E-state index < -0.39 is 0 Å². The Morgan fingerprint density at radius 2 is 1.91 bits per heavy atom. The fourth-order valence-electron chi connectivity index (χ4n) is 3.03.